The lowest BCUT2D eigenvalue weighted by molar-refractivity contribution is -0.674. The first-order valence-electron chi connectivity index (χ1n) is 6.60. The number of nitrogens with one attached hydrogen (secondary N) is 4. The Morgan fingerprint density at radius 1 is 1.52 bits per heavy atom. The molecule has 1 fully saturated rings. The van der Waals surface area contributed by atoms with E-state index in [9.17, 15) is 15.0 Å². The maximum atomic E-state index is 10.9. The monoisotopic (exact) mass is 300 g/mol. The van der Waals surface area contributed by atoms with E-state index in [2.05, 4.69) is 20.9 Å². The van der Waals surface area contributed by atoms with E-state index in [4.69, 9.17) is 17.2 Å². The lowest BCUT2D eigenvalue weighted by Crippen LogP contribution is -2.91. The Morgan fingerprint density at radius 3 is 2.90 bits per heavy atom. The van der Waals surface area contributed by atoms with Crippen molar-refractivity contribution in [3.63, 3.8) is 0 Å². The van der Waals surface area contributed by atoms with Gasteiger partial charge in [-0.15, -0.1) is 0 Å². The van der Waals surface area contributed by atoms with Crippen LogP contribution in [-0.2, 0) is 0 Å². The molecule has 11 nitrogen and oxygen atoms in total. The van der Waals surface area contributed by atoms with Crippen molar-refractivity contribution in [2.75, 3.05) is 13.1 Å². The van der Waals surface area contributed by atoms with Gasteiger partial charge in [-0.3, -0.25) is 21.8 Å². The Labute approximate surface area is 119 Å². The van der Waals surface area contributed by atoms with Crippen LogP contribution in [0.4, 0.5) is 4.79 Å². The average molecular weight is 300 g/mol. The van der Waals surface area contributed by atoms with Gasteiger partial charge in [-0.25, -0.2) is 14.7 Å². The van der Waals surface area contributed by atoms with E-state index in [-0.39, 0.29) is 24.9 Å². The molecule has 3 aliphatic rings. The van der Waals surface area contributed by atoms with Gasteiger partial charge in [-0.05, 0) is 0 Å². The average Bonchev–Trinajstić information content (AvgIpc) is 2.85. The highest BCUT2D eigenvalue weighted by Crippen LogP contribution is 2.36. The molecular weight excluding hydrogens is 280 g/mol. The molecule has 0 bridgehead atoms. The summed E-state index contributed by atoms with van der Waals surface area (Å²) in [6.45, 7) is 0.495. The molecule has 11 heteroatoms. The van der Waals surface area contributed by atoms with Crippen LogP contribution in [-0.4, -0.2) is 69.4 Å². The van der Waals surface area contributed by atoms with Gasteiger partial charge in [0, 0.05) is 6.42 Å². The van der Waals surface area contributed by atoms with Gasteiger partial charge in [-0.2, -0.15) is 0 Å². The molecule has 1 spiro atoms. The number of carbonyl (C=O) groups excluding carboxylic acids is 1. The molecule has 2 amide bonds. The number of amides is 2. The van der Waals surface area contributed by atoms with E-state index in [1.54, 1.807) is 4.58 Å². The number of nitrogens with zero attached hydrogens (tertiary/aromatic N) is 1. The van der Waals surface area contributed by atoms with E-state index >= 15 is 0 Å². The van der Waals surface area contributed by atoms with E-state index in [0.717, 1.165) is 0 Å². The van der Waals surface area contributed by atoms with E-state index in [0.29, 0.717) is 6.54 Å². The Hall–Kier alpha value is -2.27. The van der Waals surface area contributed by atoms with Crippen molar-refractivity contribution in [1.29, 1.82) is 0 Å². The molecule has 116 valence electrons. The summed E-state index contributed by atoms with van der Waals surface area (Å²) in [5.74, 6) is -1.56. The van der Waals surface area contributed by atoms with Gasteiger partial charge in [-0.1, -0.05) is 0 Å². The Bertz CT molecular complexity index is 559. The third-order valence-corrected chi connectivity index (χ3v) is 4.33. The topological polar surface area (TPSA) is 189 Å². The molecule has 0 unspecified atom stereocenters. The SMILES string of the molecule is NC(=O)NC[C@@H]1NC(N)=[N+]2CCC(O)(O)[C@@]23NC(N)=[NH+][C@@H]13. The number of hydrogen-bond donors (Lipinski definition) is 9. The van der Waals surface area contributed by atoms with Crippen LogP contribution < -0.4 is 38.1 Å². The van der Waals surface area contributed by atoms with Gasteiger partial charge in [0.05, 0.1) is 13.1 Å². The summed E-state index contributed by atoms with van der Waals surface area (Å²) in [6.07, 6.45) is 0.101. The van der Waals surface area contributed by atoms with Gasteiger partial charge in [0.25, 0.3) is 5.66 Å². The molecule has 3 aliphatic heterocycles. The van der Waals surface area contributed by atoms with Crippen molar-refractivity contribution in [1.82, 2.24) is 16.0 Å². The molecule has 1 saturated heterocycles. The number of guanidine groups is 2. The fourth-order valence-corrected chi connectivity index (χ4v) is 3.46. The van der Waals surface area contributed by atoms with Gasteiger partial charge in [0.15, 0.2) is 6.04 Å². The minimum atomic E-state index is -2.04. The zero-order valence-electron chi connectivity index (χ0n) is 11.3. The summed E-state index contributed by atoms with van der Waals surface area (Å²) in [5, 5.41) is 29.2. The predicted octanol–water partition coefficient (Wildman–Crippen LogP) is -6.90. The van der Waals surface area contributed by atoms with E-state index in [1.807, 2.05) is 0 Å². The molecule has 0 aliphatic carbocycles. The summed E-state index contributed by atoms with van der Waals surface area (Å²) in [5.41, 5.74) is 15.5. The quantitative estimate of drug-likeness (QED) is 0.179. The molecule has 0 aromatic carbocycles. The number of urea groups is 1. The Kier molecular flexibility index (Phi) is 2.68. The van der Waals surface area contributed by atoms with Gasteiger partial charge in [0.2, 0.25) is 5.79 Å². The van der Waals surface area contributed by atoms with E-state index < -0.39 is 29.6 Å². The number of hydrogen-bond acceptors (Lipinski definition) is 7. The van der Waals surface area contributed by atoms with E-state index in [1.165, 1.54) is 0 Å². The second-order valence-corrected chi connectivity index (χ2v) is 5.53. The number of aliphatic hydroxyl groups is 2. The molecule has 0 saturated carbocycles. The molecule has 0 aromatic rings. The second-order valence-electron chi connectivity index (χ2n) is 5.53. The maximum Gasteiger partial charge on any atom is 0.347 e. The lowest BCUT2D eigenvalue weighted by Gasteiger charge is -2.40. The number of primary amides is 1. The maximum absolute atomic E-state index is 10.9. The highest BCUT2D eigenvalue weighted by atomic mass is 16.5. The molecule has 12 N–H and O–H groups in total. The number of rotatable bonds is 2. The standard InChI is InChI=1S/C10H18N8O3/c11-6-16-5-4(3-14-8(13)19)15-7(12)18-2-1-9(20,21)10(5,18)17-6/h4-5,20-21H,1-3H2,(H8,11,12,13,14,15,16,17,19)/p+2/t4-,5-,10-/m0/s1. The van der Waals surface area contributed by atoms with Gasteiger partial charge in [0.1, 0.15) is 6.04 Å². The largest absolute Gasteiger partial charge is 0.360 e. The summed E-state index contributed by atoms with van der Waals surface area (Å²) >= 11 is 0. The first kappa shape index (κ1) is 13.7. The zero-order chi connectivity index (χ0) is 15.4. The van der Waals surface area contributed by atoms with Crippen molar-refractivity contribution >= 4 is 18.0 Å². The predicted molar refractivity (Wildman–Crippen MR) is 70.4 cm³/mol. The van der Waals surface area contributed by atoms with Crippen LogP contribution in [0.2, 0.25) is 0 Å². The minimum Gasteiger partial charge on any atom is -0.360 e. The zero-order valence-corrected chi connectivity index (χ0v) is 11.3. The molecule has 0 radical (unpaired) electrons. The summed E-state index contributed by atoms with van der Waals surface area (Å²) in [4.78, 5) is 13.9. The number of carbonyl (C=O) groups is 1. The van der Waals surface area contributed by atoms with Crippen LogP contribution in [0.1, 0.15) is 6.42 Å². The van der Waals surface area contributed by atoms with Crippen molar-refractivity contribution in [2.24, 2.45) is 17.2 Å². The molecule has 21 heavy (non-hydrogen) atoms. The highest BCUT2D eigenvalue weighted by molar-refractivity contribution is 5.78. The summed E-state index contributed by atoms with van der Waals surface area (Å²) < 4.78 is 1.63. The van der Waals surface area contributed by atoms with Crippen molar-refractivity contribution in [3.05, 3.63) is 0 Å². The van der Waals surface area contributed by atoms with Crippen LogP contribution in [0, 0.1) is 0 Å². The molecule has 3 atom stereocenters. The smallest absolute Gasteiger partial charge is 0.347 e. The fourth-order valence-electron chi connectivity index (χ4n) is 3.46. The van der Waals surface area contributed by atoms with Crippen LogP contribution >= 0.6 is 0 Å². The first-order chi connectivity index (χ1) is 9.78. The minimum absolute atomic E-state index is 0.101. The van der Waals surface area contributed by atoms with Crippen molar-refractivity contribution in [2.45, 2.75) is 30.0 Å². The first-order valence-corrected chi connectivity index (χ1v) is 6.60. The molecule has 0 aromatic heterocycles. The number of nitrogens with two attached hydrogens (primary N) is 3. The molecular formula is C10H20N8O3+2. The van der Waals surface area contributed by atoms with Gasteiger partial charge >= 0.3 is 18.0 Å². The van der Waals surface area contributed by atoms with Crippen LogP contribution in [0.5, 0.6) is 0 Å². The Balaban J connectivity index is 2.02. The van der Waals surface area contributed by atoms with Crippen LogP contribution in [0.15, 0.2) is 0 Å². The third-order valence-electron chi connectivity index (χ3n) is 4.33. The highest BCUT2D eigenvalue weighted by Gasteiger charge is 2.74. The Morgan fingerprint density at radius 2 is 2.24 bits per heavy atom. The lowest BCUT2D eigenvalue weighted by atomic mass is 9.86. The van der Waals surface area contributed by atoms with Crippen molar-refractivity contribution in [3.8, 4) is 0 Å². The van der Waals surface area contributed by atoms with Crippen LogP contribution in [0.25, 0.3) is 0 Å². The summed E-state index contributed by atoms with van der Waals surface area (Å²) in [7, 11) is 0. The third kappa shape index (κ3) is 1.70. The fraction of sp³-hybridized carbons (Fsp3) is 0.700. The molecule has 3 heterocycles. The second kappa shape index (κ2) is 4.11. The summed E-state index contributed by atoms with van der Waals surface area (Å²) in [6, 6.07) is -1.64. The van der Waals surface area contributed by atoms with Crippen LogP contribution in [0.3, 0.4) is 0 Å². The van der Waals surface area contributed by atoms with Gasteiger partial charge < -0.3 is 21.3 Å². The normalized spacial score (nSPS) is 36.2. The van der Waals surface area contributed by atoms with Crippen molar-refractivity contribution < 1.29 is 24.6 Å². The molecule has 3 rings (SSSR count).